The maximum absolute atomic E-state index is 12.9. The van der Waals surface area contributed by atoms with Crippen LogP contribution in [0.25, 0.3) is 11.4 Å². The van der Waals surface area contributed by atoms with Gasteiger partial charge in [0.15, 0.2) is 0 Å². The quantitative estimate of drug-likeness (QED) is 0.699. The first kappa shape index (κ1) is 21.6. The summed E-state index contributed by atoms with van der Waals surface area (Å²) in [6.07, 6.45) is -1.91. The first-order valence-electron chi connectivity index (χ1n) is 9.31. The third-order valence-corrected chi connectivity index (χ3v) is 5.59. The van der Waals surface area contributed by atoms with Crippen molar-refractivity contribution in [2.45, 2.75) is 25.6 Å². The Hall–Kier alpha value is -2.07. The topological polar surface area (TPSA) is 62.5 Å². The minimum Gasteiger partial charge on any atom is -0.340 e. The molecule has 1 aliphatic rings. The highest BCUT2D eigenvalue weighted by molar-refractivity contribution is 7.98. The summed E-state index contributed by atoms with van der Waals surface area (Å²) >= 11 is 1.65. The molecule has 0 spiro atoms. The molecule has 6 nitrogen and oxygen atoms in total. The van der Waals surface area contributed by atoms with Crippen LogP contribution in [0.4, 0.5) is 13.2 Å². The summed E-state index contributed by atoms with van der Waals surface area (Å²) in [5, 5.41) is 3.86. The molecule has 29 heavy (non-hydrogen) atoms. The fourth-order valence-corrected chi connectivity index (χ4v) is 3.60. The van der Waals surface area contributed by atoms with E-state index in [1.165, 1.54) is 12.1 Å². The van der Waals surface area contributed by atoms with Crippen LogP contribution in [0.1, 0.15) is 30.8 Å². The number of halogens is 3. The van der Waals surface area contributed by atoms with E-state index in [2.05, 4.69) is 15.0 Å². The van der Waals surface area contributed by atoms with Gasteiger partial charge in [0.25, 0.3) is 0 Å². The number of thioether (sulfide) groups is 1. The molecule has 0 saturated carbocycles. The average molecular weight is 428 g/mol. The van der Waals surface area contributed by atoms with Crippen LogP contribution in [0.15, 0.2) is 28.8 Å². The van der Waals surface area contributed by atoms with E-state index in [0.29, 0.717) is 38.5 Å². The van der Waals surface area contributed by atoms with E-state index in [0.717, 1.165) is 17.9 Å². The lowest BCUT2D eigenvalue weighted by atomic mass is 10.1. The van der Waals surface area contributed by atoms with Gasteiger partial charge in [-0.3, -0.25) is 9.69 Å². The Labute approximate surface area is 171 Å². The summed E-state index contributed by atoms with van der Waals surface area (Å²) in [6.45, 7) is 4.52. The van der Waals surface area contributed by atoms with Gasteiger partial charge in [-0.15, -0.1) is 0 Å². The normalized spacial score (nSPS) is 16.8. The van der Waals surface area contributed by atoms with Crippen molar-refractivity contribution < 1.29 is 22.5 Å². The first-order chi connectivity index (χ1) is 13.8. The third kappa shape index (κ3) is 5.30. The monoisotopic (exact) mass is 428 g/mol. The lowest BCUT2D eigenvalue weighted by molar-refractivity contribution is -0.137. The Bertz CT molecular complexity index is 835. The van der Waals surface area contributed by atoms with Crippen molar-refractivity contribution in [1.29, 1.82) is 0 Å². The Morgan fingerprint density at radius 1 is 1.28 bits per heavy atom. The fraction of sp³-hybridized carbons (Fsp3) is 0.526. The van der Waals surface area contributed by atoms with Gasteiger partial charge in [0.2, 0.25) is 17.6 Å². The molecule has 0 radical (unpaired) electrons. The van der Waals surface area contributed by atoms with Crippen molar-refractivity contribution in [2.75, 3.05) is 38.2 Å². The van der Waals surface area contributed by atoms with E-state index in [1.54, 1.807) is 11.8 Å². The molecule has 2 heterocycles. The highest BCUT2D eigenvalue weighted by atomic mass is 32.2. The van der Waals surface area contributed by atoms with Gasteiger partial charge in [-0.1, -0.05) is 17.3 Å². The molecule has 158 valence electrons. The molecule has 1 fully saturated rings. The molecule has 0 aliphatic carbocycles. The number of piperazine rings is 1. The molecular weight excluding hydrogens is 405 g/mol. The van der Waals surface area contributed by atoms with E-state index in [4.69, 9.17) is 4.52 Å². The van der Waals surface area contributed by atoms with E-state index < -0.39 is 11.7 Å². The zero-order chi connectivity index (χ0) is 21.0. The first-order valence-corrected chi connectivity index (χ1v) is 10.7. The number of aromatic nitrogens is 2. The number of hydrogen-bond acceptors (Lipinski definition) is 6. The molecule has 1 saturated heterocycles. The highest BCUT2D eigenvalue weighted by Gasteiger charge is 2.31. The Morgan fingerprint density at radius 3 is 2.66 bits per heavy atom. The second-order valence-corrected chi connectivity index (χ2v) is 7.86. The molecule has 0 N–H and O–H groups in total. The SMILES string of the molecule is CSCCC(=O)N1CCN(C(C)c2nc(-c3cccc(C(F)(F)F)c3)no2)CC1. The summed E-state index contributed by atoms with van der Waals surface area (Å²) < 4.78 is 44.1. The van der Waals surface area contributed by atoms with Crippen LogP contribution >= 0.6 is 11.8 Å². The molecule has 2 aromatic rings. The van der Waals surface area contributed by atoms with Crippen LogP contribution < -0.4 is 0 Å². The summed E-state index contributed by atoms with van der Waals surface area (Å²) in [7, 11) is 0. The summed E-state index contributed by atoms with van der Waals surface area (Å²) in [5.74, 6) is 1.45. The summed E-state index contributed by atoms with van der Waals surface area (Å²) in [5.41, 5.74) is -0.497. The van der Waals surface area contributed by atoms with E-state index in [9.17, 15) is 18.0 Å². The molecular formula is C19H23F3N4O2S. The molecule has 1 atom stereocenters. The number of nitrogens with zero attached hydrogens (tertiary/aromatic N) is 4. The van der Waals surface area contributed by atoms with Crippen LogP contribution in [0.2, 0.25) is 0 Å². The highest BCUT2D eigenvalue weighted by Crippen LogP contribution is 2.32. The maximum Gasteiger partial charge on any atom is 0.416 e. The predicted molar refractivity (Wildman–Crippen MR) is 104 cm³/mol. The number of carbonyl (C=O) groups is 1. The Morgan fingerprint density at radius 2 is 2.00 bits per heavy atom. The van der Waals surface area contributed by atoms with Crippen LogP contribution in [-0.4, -0.2) is 64.0 Å². The minimum absolute atomic E-state index is 0.129. The molecule has 1 aromatic heterocycles. The largest absolute Gasteiger partial charge is 0.416 e. The van der Waals surface area contributed by atoms with E-state index >= 15 is 0 Å². The average Bonchev–Trinajstić information content (AvgIpc) is 3.21. The van der Waals surface area contributed by atoms with Crippen LogP contribution in [0, 0.1) is 0 Å². The van der Waals surface area contributed by atoms with Gasteiger partial charge in [-0.2, -0.15) is 29.9 Å². The Kier molecular flexibility index (Phi) is 6.84. The number of amides is 1. The minimum atomic E-state index is -4.43. The van der Waals surface area contributed by atoms with Gasteiger partial charge in [-0.25, -0.2) is 0 Å². The van der Waals surface area contributed by atoms with Crippen LogP contribution in [0.3, 0.4) is 0 Å². The smallest absolute Gasteiger partial charge is 0.340 e. The van der Waals surface area contributed by atoms with Gasteiger partial charge in [-0.05, 0) is 25.3 Å². The molecule has 1 aliphatic heterocycles. The van der Waals surface area contributed by atoms with Crippen molar-refractivity contribution in [1.82, 2.24) is 19.9 Å². The van der Waals surface area contributed by atoms with E-state index in [1.807, 2.05) is 18.1 Å². The molecule has 0 bridgehead atoms. The molecule has 3 rings (SSSR count). The molecule has 10 heteroatoms. The molecule has 1 unspecified atom stereocenters. The fourth-order valence-electron chi connectivity index (χ4n) is 3.22. The Balaban J connectivity index is 1.63. The second-order valence-electron chi connectivity index (χ2n) is 6.87. The van der Waals surface area contributed by atoms with Gasteiger partial charge >= 0.3 is 6.18 Å². The van der Waals surface area contributed by atoms with Gasteiger partial charge < -0.3 is 9.42 Å². The van der Waals surface area contributed by atoms with E-state index in [-0.39, 0.29) is 23.3 Å². The van der Waals surface area contributed by atoms with Crippen LogP contribution in [0.5, 0.6) is 0 Å². The van der Waals surface area contributed by atoms with Gasteiger partial charge in [0.1, 0.15) is 0 Å². The number of benzene rings is 1. The predicted octanol–water partition coefficient (Wildman–Crippen LogP) is 3.71. The number of hydrogen-bond donors (Lipinski definition) is 0. The summed E-state index contributed by atoms with van der Waals surface area (Å²) in [6, 6.07) is 4.68. The number of rotatable bonds is 6. The zero-order valence-electron chi connectivity index (χ0n) is 16.3. The molecule has 1 aromatic carbocycles. The van der Waals surface area contributed by atoms with Crippen LogP contribution in [-0.2, 0) is 11.0 Å². The number of carbonyl (C=O) groups excluding carboxylic acids is 1. The van der Waals surface area contributed by atoms with Crippen molar-refractivity contribution in [3.8, 4) is 11.4 Å². The van der Waals surface area contributed by atoms with Crippen molar-refractivity contribution in [3.63, 3.8) is 0 Å². The second kappa shape index (κ2) is 9.17. The lowest BCUT2D eigenvalue weighted by Gasteiger charge is -2.36. The van der Waals surface area contributed by atoms with Crippen molar-refractivity contribution in [3.05, 3.63) is 35.7 Å². The van der Waals surface area contributed by atoms with Crippen molar-refractivity contribution >= 4 is 17.7 Å². The third-order valence-electron chi connectivity index (χ3n) is 4.98. The summed E-state index contributed by atoms with van der Waals surface area (Å²) in [4.78, 5) is 20.4. The maximum atomic E-state index is 12.9. The number of alkyl halides is 3. The van der Waals surface area contributed by atoms with Gasteiger partial charge in [0, 0.05) is 43.9 Å². The lowest BCUT2D eigenvalue weighted by Crippen LogP contribution is -2.49. The van der Waals surface area contributed by atoms with Gasteiger partial charge in [0.05, 0.1) is 11.6 Å². The zero-order valence-corrected chi connectivity index (χ0v) is 17.1. The standard InChI is InChI=1S/C19H23F3N4O2S/c1-13(25-7-9-26(10-8-25)16(27)6-11-29-2)18-23-17(24-28-18)14-4-3-5-15(12-14)19(20,21)22/h3-5,12-13H,6-11H2,1-2H3. The molecule has 1 amide bonds. The van der Waals surface area contributed by atoms with Crippen molar-refractivity contribution in [2.24, 2.45) is 0 Å².